The maximum atomic E-state index is 6.25. The highest BCUT2D eigenvalue weighted by Gasteiger charge is 2.51. The Balaban J connectivity index is 0.00000141. The second-order valence-corrected chi connectivity index (χ2v) is 10.2. The van der Waals surface area contributed by atoms with Crippen molar-refractivity contribution in [3.63, 3.8) is 0 Å². The van der Waals surface area contributed by atoms with Crippen LogP contribution in [0.1, 0.15) is 54.0 Å². The molecule has 5 nitrogen and oxygen atoms in total. The highest BCUT2D eigenvalue weighted by Crippen LogP contribution is 2.37. The Hall–Kier alpha value is -1.49. The molecule has 3 aromatic heterocycles. The molecular formula is C24H31BIN3O2S. The fourth-order valence-electron chi connectivity index (χ4n) is 3.52. The van der Waals surface area contributed by atoms with Gasteiger partial charge in [-0.1, -0.05) is 26.5 Å². The van der Waals surface area contributed by atoms with E-state index in [4.69, 9.17) is 14.3 Å². The van der Waals surface area contributed by atoms with E-state index in [0.717, 1.165) is 38.2 Å². The molecule has 0 aliphatic carbocycles. The second kappa shape index (κ2) is 9.79. The van der Waals surface area contributed by atoms with Crippen molar-refractivity contribution in [1.82, 2.24) is 13.9 Å². The predicted molar refractivity (Wildman–Crippen MR) is 147 cm³/mol. The van der Waals surface area contributed by atoms with Crippen LogP contribution in [0.5, 0.6) is 0 Å². The Kier molecular flexibility index (Phi) is 7.69. The molecule has 1 aliphatic rings. The minimum absolute atomic E-state index is 0.388. The smallest absolute Gasteiger partial charge is 0.399 e. The van der Waals surface area contributed by atoms with Gasteiger partial charge in [0.2, 0.25) is 0 Å². The monoisotopic (exact) mass is 563 g/mol. The van der Waals surface area contributed by atoms with Crippen LogP contribution in [-0.4, -0.2) is 32.3 Å². The molecule has 3 aromatic rings. The average molecular weight is 563 g/mol. The number of nitrogens with one attached hydrogen (secondary N) is 1. The zero-order valence-electron chi connectivity index (χ0n) is 19.8. The molecule has 0 atom stereocenters. The molecule has 0 spiro atoms. The minimum Gasteiger partial charge on any atom is -0.399 e. The van der Waals surface area contributed by atoms with Crippen molar-refractivity contribution in [2.45, 2.75) is 59.7 Å². The summed E-state index contributed by atoms with van der Waals surface area (Å²) in [5.41, 5.74) is 3.29. The number of halogens is 1. The number of aromatic amines is 1. The Labute approximate surface area is 207 Å². The maximum Gasteiger partial charge on any atom is 0.496 e. The second-order valence-electron chi connectivity index (χ2n) is 8.47. The molecular weight excluding hydrogens is 532 g/mol. The Morgan fingerprint density at radius 2 is 1.91 bits per heavy atom. The zero-order valence-corrected chi connectivity index (χ0v) is 22.8. The van der Waals surface area contributed by atoms with Crippen molar-refractivity contribution < 1.29 is 9.31 Å². The van der Waals surface area contributed by atoms with Crippen LogP contribution in [0.4, 0.5) is 0 Å². The molecule has 1 fully saturated rings. The third-order valence-corrected chi connectivity index (χ3v) is 7.73. The van der Waals surface area contributed by atoms with Crippen LogP contribution in [0.15, 0.2) is 36.8 Å². The van der Waals surface area contributed by atoms with Crippen LogP contribution in [0.25, 0.3) is 29.3 Å². The van der Waals surface area contributed by atoms with E-state index in [9.17, 15) is 0 Å². The maximum absolute atomic E-state index is 6.25. The number of hydrogen-bond donors (Lipinski definition) is 1. The lowest BCUT2D eigenvalue weighted by atomic mass is 9.79. The van der Waals surface area contributed by atoms with Gasteiger partial charge in [0.25, 0.3) is 0 Å². The van der Waals surface area contributed by atoms with Gasteiger partial charge in [-0.05, 0) is 63.6 Å². The van der Waals surface area contributed by atoms with E-state index in [1.54, 1.807) is 9.12 Å². The van der Waals surface area contributed by atoms with Crippen molar-refractivity contribution in [2.24, 2.45) is 0 Å². The lowest BCUT2D eigenvalue weighted by Crippen LogP contribution is -2.41. The summed E-state index contributed by atoms with van der Waals surface area (Å²) in [5.74, 6) is 0. The van der Waals surface area contributed by atoms with Gasteiger partial charge >= 0.3 is 7.12 Å². The summed E-state index contributed by atoms with van der Waals surface area (Å²) in [6.45, 7) is 18.4. The van der Waals surface area contributed by atoms with Gasteiger partial charge in [-0.3, -0.25) is 3.97 Å². The summed E-state index contributed by atoms with van der Waals surface area (Å²) in [6.07, 6.45) is 10.2. The molecule has 4 heterocycles. The topological polar surface area (TPSA) is 52.1 Å². The summed E-state index contributed by atoms with van der Waals surface area (Å²) in [5, 5.41) is 3.04. The van der Waals surface area contributed by atoms with Crippen molar-refractivity contribution in [2.75, 3.05) is 0 Å². The molecule has 0 aromatic carbocycles. The molecule has 8 heteroatoms. The van der Waals surface area contributed by atoms with Gasteiger partial charge in [-0.15, -0.1) is 0 Å². The van der Waals surface area contributed by atoms with Crippen LogP contribution in [-0.2, 0) is 9.31 Å². The molecule has 170 valence electrons. The third kappa shape index (κ3) is 4.60. The Morgan fingerprint density at radius 1 is 1.25 bits per heavy atom. The van der Waals surface area contributed by atoms with E-state index in [1.807, 2.05) is 39.2 Å². The molecule has 0 saturated carbocycles. The van der Waals surface area contributed by atoms with Crippen LogP contribution in [0.2, 0.25) is 0 Å². The van der Waals surface area contributed by atoms with E-state index in [2.05, 4.69) is 88.9 Å². The molecule has 4 rings (SSSR count). The molecule has 0 unspecified atom stereocenters. The van der Waals surface area contributed by atoms with Gasteiger partial charge in [0.1, 0.15) is 0 Å². The van der Waals surface area contributed by atoms with Gasteiger partial charge in [0.15, 0.2) is 5.65 Å². The largest absolute Gasteiger partial charge is 0.496 e. The zero-order chi connectivity index (χ0) is 23.7. The van der Waals surface area contributed by atoms with Crippen molar-refractivity contribution in [3.05, 3.63) is 52.9 Å². The van der Waals surface area contributed by atoms with Crippen LogP contribution >= 0.6 is 30.3 Å². The summed E-state index contributed by atoms with van der Waals surface area (Å²) < 4.78 is 14.6. The van der Waals surface area contributed by atoms with Gasteiger partial charge in [-0.2, -0.15) is 0 Å². The van der Waals surface area contributed by atoms with Crippen LogP contribution < -0.4 is 16.0 Å². The van der Waals surface area contributed by atoms with E-state index < -0.39 is 7.12 Å². The SMILES string of the molecule is C=c1[nH]cc/c1=C/C(=C\C)c1cn(SI)c2ncc(B3OC(C)(C)C(C)(C)O3)cc12.CC. The van der Waals surface area contributed by atoms with Gasteiger partial charge in [-0.25, -0.2) is 4.98 Å². The summed E-state index contributed by atoms with van der Waals surface area (Å²) in [6, 6.07) is 4.18. The number of hydrogen-bond acceptors (Lipinski definition) is 4. The van der Waals surface area contributed by atoms with Gasteiger partial charge in [0, 0.05) is 70.7 Å². The lowest BCUT2D eigenvalue weighted by Gasteiger charge is -2.32. The standard InChI is InChI=1S/C22H25BIN3O2S.C2H6/c1-7-15(10-16-8-9-25-14(16)2)19-13-27(30-24)20-18(19)11-17(12-26-20)23-28-21(3,4)22(5,6)29-23;1-2/h7-13,25H,2H2,1,3-6H3;1-2H3/b15-7+,16-10-;. The molecule has 0 bridgehead atoms. The third-order valence-electron chi connectivity index (χ3n) is 6.03. The quantitative estimate of drug-likeness (QED) is 0.365. The first-order valence-electron chi connectivity index (χ1n) is 10.8. The normalized spacial score (nSPS) is 18.2. The fraction of sp³-hybridized carbons (Fsp3) is 0.375. The molecule has 0 amide bonds. The van der Waals surface area contributed by atoms with Gasteiger partial charge in [0.05, 0.1) is 11.2 Å². The number of fused-ring (bicyclic) bond motifs is 1. The summed E-state index contributed by atoms with van der Waals surface area (Å²) >= 11 is 2.28. The number of pyridine rings is 1. The Morgan fingerprint density at radius 3 is 2.44 bits per heavy atom. The highest BCUT2D eigenvalue weighted by molar-refractivity contribution is 14.2. The molecule has 1 saturated heterocycles. The fourth-order valence-corrected chi connectivity index (χ4v) is 4.78. The number of nitrogens with zero attached hydrogens (tertiary/aromatic N) is 2. The molecule has 1 aliphatic heterocycles. The van der Waals surface area contributed by atoms with E-state index in [-0.39, 0.29) is 11.2 Å². The van der Waals surface area contributed by atoms with Crippen molar-refractivity contribution in [3.8, 4) is 0 Å². The minimum atomic E-state index is -0.440. The first-order chi connectivity index (χ1) is 15.2. The number of rotatable bonds is 4. The van der Waals surface area contributed by atoms with Gasteiger partial charge < -0.3 is 14.3 Å². The molecule has 1 N–H and O–H groups in total. The average Bonchev–Trinajstić information content (AvgIpc) is 3.40. The molecule has 32 heavy (non-hydrogen) atoms. The van der Waals surface area contributed by atoms with E-state index >= 15 is 0 Å². The highest BCUT2D eigenvalue weighted by atomic mass is 127. The predicted octanol–water partition coefficient (Wildman–Crippen LogP) is 4.83. The summed E-state index contributed by atoms with van der Waals surface area (Å²) in [4.78, 5) is 7.90. The first kappa shape index (κ1) is 25.1. The van der Waals surface area contributed by atoms with E-state index in [0.29, 0.717) is 0 Å². The first-order valence-corrected chi connectivity index (χ1v) is 14.1. The van der Waals surface area contributed by atoms with Crippen LogP contribution in [0, 0.1) is 0 Å². The van der Waals surface area contributed by atoms with E-state index in [1.165, 1.54) is 0 Å². The lowest BCUT2D eigenvalue weighted by molar-refractivity contribution is 0.00578. The van der Waals surface area contributed by atoms with Crippen molar-refractivity contribution >= 4 is 72.2 Å². The Bertz CT molecular complexity index is 1230. The number of allylic oxidation sites excluding steroid dienone is 2. The number of aromatic nitrogens is 3. The van der Waals surface area contributed by atoms with Crippen molar-refractivity contribution in [1.29, 1.82) is 0 Å². The molecule has 0 radical (unpaired) electrons. The summed E-state index contributed by atoms with van der Waals surface area (Å²) in [7, 11) is 1.16. The number of H-pyrrole nitrogens is 1. The van der Waals surface area contributed by atoms with Crippen LogP contribution in [0.3, 0.4) is 0 Å².